The van der Waals surface area contributed by atoms with Crippen molar-refractivity contribution in [2.75, 3.05) is 11.1 Å². The fourth-order valence-electron chi connectivity index (χ4n) is 2.44. The Hall–Kier alpha value is -2.58. The Labute approximate surface area is 154 Å². The summed E-state index contributed by atoms with van der Waals surface area (Å²) < 4.78 is 31.2. The minimum atomic E-state index is -3.71. The molecule has 0 atom stereocenters. The van der Waals surface area contributed by atoms with Gasteiger partial charge in [0.15, 0.2) is 15.4 Å². The van der Waals surface area contributed by atoms with Crippen LogP contribution in [0.3, 0.4) is 0 Å². The van der Waals surface area contributed by atoms with Crippen molar-refractivity contribution in [3.05, 3.63) is 58.0 Å². The topological polar surface area (TPSA) is 98.4 Å². The molecule has 0 saturated carbocycles. The second-order valence-corrected chi connectivity index (χ2v) is 8.23. The van der Waals surface area contributed by atoms with E-state index in [1.165, 1.54) is 29.8 Å². The van der Waals surface area contributed by atoms with E-state index in [4.69, 9.17) is 16.0 Å². The minimum absolute atomic E-state index is 0.00472. The third-order valence-electron chi connectivity index (χ3n) is 3.83. The normalized spacial score (nSPS) is 11.6. The van der Waals surface area contributed by atoms with Gasteiger partial charge >= 0.3 is 5.76 Å². The highest BCUT2D eigenvalue weighted by Gasteiger charge is 2.19. The highest BCUT2D eigenvalue weighted by atomic mass is 35.5. The van der Waals surface area contributed by atoms with Crippen molar-refractivity contribution in [3.8, 4) is 0 Å². The zero-order valence-corrected chi connectivity index (χ0v) is 15.3. The summed E-state index contributed by atoms with van der Waals surface area (Å²) in [6.45, 7) is 0. The van der Waals surface area contributed by atoms with Crippen LogP contribution in [0.5, 0.6) is 0 Å². The van der Waals surface area contributed by atoms with Crippen molar-refractivity contribution in [2.24, 2.45) is 7.05 Å². The molecule has 1 amide bonds. The maximum atomic E-state index is 12.5. The quantitative estimate of drug-likeness (QED) is 0.717. The van der Waals surface area contributed by atoms with E-state index in [1.807, 2.05) is 0 Å². The first-order valence-corrected chi connectivity index (χ1v) is 9.67. The predicted octanol–water partition coefficient (Wildman–Crippen LogP) is 2.59. The van der Waals surface area contributed by atoms with E-state index in [2.05, 4.69) is 5.32 Å². The molecule has 0 aliphatic heterocycles. The van der Waals surface area contributed by atoms with Crippen molar-refractivity contribution in [2.45, 2.75) is 11.3 Å². The van der Waals surface area contributed by atoms with E-state index in [0.717, 1.165) is 0 Å². The Morgan fingerprint density at radius 3 is 2.73 bits per heavy atom. The van der Waals surface area contributed by atoms with Crippen molar-refractivity contribution >= 4 is 44.1 Å². The molecule has 0 fully saturated rings. The fourth-order valence-corrected chi connectivity index (χ4v) is 3.88. The van der Waals surface area contributed by atoms with E-state index in [-0.39, 0.29) is 22.7 Å². The SMILES string of the molecule is Cn1c(=O)oc2cc(S(=O)(=O)CCC(=O)Nc3cccc(Cl)c3)ccc21. The van der Waals surface area contributed by atoms with E-state index in [9.17, 15) is 18.0 Å². The number of anilines is 1. The second kappa shape index (κ2) is 6.97. The maximum absolute atomic E-state index is 12.5. The number of aryl methyl sites for hydroxylation is 1. The molecule has 1 aromatic heterocycles. The maximum Gasteiger partial charge on any atom is 0.419 e. The molecule has 0 bridgehead atoms. The Kier molecular flexibility index (Phi) is 4.88. The van der Waals surface area contributed by atoms with E-state index in [0.29, 0.717) is 16.2 Å². The smallest absolute Gasteiger partial charge is 0.408 e. The highest BCUT2D eigenvalue weighted by Crippen LogP contribution is 2.20. The zero-order valence-electron chi connectivity index (χ0n) is 13.7. The summed E-state index contributed by atoms with van der Waals surface area (Å²) in [5, 5.41) is 3.06. The number of sulfone groups is 1. The summed E-state index contributed by atoms with van der Waals surface area (Å²) in [5.41, 5.74) is 1.17. The summed E-state index contributed by atoms with van der Waals surface area (Å²) in [7, 11) is -2.18. The molecule has 1 N–H and O–H groups in total. The number of carbonyl (C=O) groups is 1. The monoisotopic (exact) mass is 394 g/mol. The number of carbonyl (C=O) groups excluding carboxylic acids is 1. The first-order chi connectivity index (χ1) is 12.3. The first-order valence-electron chi connectivity index (χ1n) is 7.64. The number of hydrogen-bond acceptors (Lipinski definition) is 5. The predicted molar refractivity (Wildman–Crippen MR) is 98.2 cm³/mol. The lowest BCUT2D eigenvalue weighted by molar-refractivity contribution is -0.115. The molecule has 0 saturated heterocycles. The first kappa shape index (κ1) is 18.2. The Balaban J connectivity index is 1.72. The number of aromatic nitrogens is 1. The molecule has 26 heavy (non-hydrogen) atoms. The number of amides is 1. The number of nitrogens with zero attached hydrogens (tertiary/aromatic N) is 1. The highest BCUT2D eigenvalue weighted by molar-refractivity contribution is 7.91. The molecule has 0 aliphatic carbocycles. The van der Waals surface area contributed by atoms with Crippen LogP contribution in [-0.4, -0.2) is 24.6 Å². The van der Waals surface area contributed by atoms with Gasteiger partial charge in [-0.25, -0.2) is 13.2 Å². The fraction of sp³-hybridized carbons (Fsp3) is 0.176. The molecule has 0 spiro atoms. The van der Waals surface area contributed by atoms with Crippen molar-refractivity contribution in [1.29, 1.82) is 0 Å². The van der Waals surface area contributed by atoms with Gasteiger partial charge in [0, 0.05) is 30.2 Å². The lowest BCUT2D eigenvalue weighted by atomic mass is 10.3. The number of oxazole rings is 1. The molecule has 3 rings (SSSR count). The van der Waals surface area contributed by atoms with Gasteiger partial charge in [0.1, 0.15) is 0 Å². The minimum Gasteiger partial charge on any atom is -0.408 e. The molecule has 0 radical (unpaired) electrons. The van der Waals surface area contributed by atoms with E-state index >= 15 is 0 Å². The molecule has 3 aromatic rings. The van der Waals surface area contributed by atoms with Gasteiger partial charge < -0.3 is 9.73 Å². The van der Waals surface area contributed by atoms with Crippen LogP contribution in [-0.2, 0) is 21.7 Å². The number of halogens is 1. The van der Waals surface area contributed by atoms with Gasteiger partial charge in [-0.05, 0) is 30.3 Å². The summed E-state index contributed by atoms with van der Waals surface area (Å²) in [6, 6.07) is 10.8. The van der Waals surface area contributed by atoms with E-state index < -0.39 is 21.5 Å². The van der Waals surface area contributed by atoms with Gasteiger partial charge in [-0.1, -0.05) is 17.7 Å². The number of rotatable bonds is 5. The average Bonchev–Trinajstić information content (AvgIpc) is 2.87. The van der Waals surface area contributed by atoms with Crippen molar-refractivity contribution < 1.29 is 17.6 Å². The van der Waals surface area contributed by atoms with Gasteiger partial charge in [-0.2, -0.15) is 0 Å². The number of hydrogen-bond donors (Lipinski definition) is 1. The molecule has 2 aromatic carbocycles. The van der Waals surface area contributed by atoms with Crippen LogP contribution in [0.15, 0.2) is 56.6 Å². The van der Waals surface area contributed by atoms with Crippen LogP contribution in [0.1, 0.15) is 6.42 Å². The van der Waals surface area contributed by atoms with Crippen LogP contribution in [0.25, 0.3) is 11.1 Å². The van der Waals surface area contributed by atoms with Crippen molar-refractivity contribution in [1.82, 2.24) is 4.57 Å². The van der Waals surface area contributed by atoms with Crippen LogP contribution in [0, 0.1) is 0 Å². The average molecular weight is 395 g/mol. The third-order valence-corrected chi connectivity index (χ3v) is 5.78. The molecular weight excluding hydrogens is 380 g/mol. The van der Waals surface area contributed by atoms with E-state index in [1.54, 1.807) is 24.3 Å². The molecule has 7 nitrogen and oxygen atoms in total. The van der Waals surface area contributed by atoms with Crippen molar-refractivity contribution in [3.63, 3.8) is 0 Å². The molecule has 0 unspecified atom stereocenters. The van der Waals surface area contributed by atoms with Crippen LogP contribution < -0.4 is 11.1 Å². The Morgan fingerprint density at radius 2 is 2.00 bits per heavy atom. The largest absolute Gasteiger partial charge is 0.419 e. The van der Waals surface area contributed by atoms with Gasteiger partial charge in [0.25, 0.3) is 0 Å². The number of nitrogens with one attached hydrogen (secondary N) is 1. The van der Waals surface area contributed by atoms with Crippen LogP contribution in [0.4, 0.5) is 5.69 Å². The second-order valence-electron chi connectivity index (χ2n) is 5.68. The standard InChI is InChI=1S/C17H15ClN2O5S/c1-20-14-6-5-13(10-15(14)25-17(20)22)26(23,24)8-7-16(21)19-12-4-2-3-11(18)9-12/h2-6,9-10H,7-8H2,1H3,(H,19,21). The summed E-state index contributed by atoms with van der Waals surface area (Å²) in [5.74, 6) is -1.39. The lowest BCUT2D eigenvalue weighted by Crippen LogP contribution is -2.17. The Morgan fingerprint density at radius 1 is 1.23 bits per heavy atom. The summed E-state index contributed by atoms with van der Waals surface area (Å²) in [4.78, 5) is 23.5. The summed E-state index contributed by atoms with van der Waals surface area (Å²) >= 11 is 5.84. The number of benzene rings is 2. The van der Waals surface area contributed by atoms with Gasteiger partial charge in [-0.15, -0.1) is 0 Å². The molecule has 9 heteroatoms. The van der Waals surface area contributed by atoms with Crippen LogP contribution in [0.2, 0.25) is 5.02 Å². The zero-order chi connectivity index (χ0) is 18.9. The van der Waals surface area contributed by atoms with Crippen LogP contribution >= 0.6 is 11.6 Å². The number of fused-ring (bicyclic) bond motifs is 1. The summed E-state index contributed by atoms with van der Waals surface area (Å²) in [6.07, 6.45) is -0.217. The molecule has 0 aliphatic rings. The lowest BCUT2D eigenvalue weighted by Gasteiger charge is -2.07. The molecular formula is C17H15ClN2O5S. The molecule has 1 heterocycles. The Bertz CT molecular complexity index is 1150. The third kappa shape index (κ3) is 3.81. The van der Waals surface area contributed by atoms with Gasteiger partial charge in [0.2, 0.25) is 5.91 Å². The van der Waals surface area contributed by atoms with Gasteiger partial charge in [-0.3, -0.25) is 9.36 Å². The molecule has 136 valence electrons. The van der Waals surface area contributed by atoms with Gasteiger partial charge in [0.05, 0.1) is 16.2 Å².